The molecule has 1 aliphatic carbocycles. The summed E-state index contributed by atoms with van der Waals surface area (Å²) in [5, 5.41) is 1.81. The van der Waals surface area contributed by atoms with Crippen LogP contribution in [0.2, 0.25) is 0 Å². The smallest absolute Gasteiger partial charge is 0.244 e. The van der Waals surface area contributed by atoms with Crippen molar-refractivity contribution in [3.05, 3.63) is 16.3 Å². The van der Waals surface area contributed by atoms with E-state index in [0.29, 0.717) is 23.9 Å². The van der Waals surface area contributed by atoms with Gasteiger partial charge in [0.2, 0.25) is 10.0 Å². The van der Waals surface area contributed by atoms with E-state index in [-0.39, 0.29) is 6.04 Å². The fourth-order valence-electron chi connectivity index (χ4n) is 3.01. The standard InChI is InChI=1S/C11H16N2O2S2/c12-6-10-11(3-4-16-10)17(14,15)13-7-8-1-2-9(13)5-8/h3-4,8-9H,1-2,5-7,12H2. The Morgan fingerprint density at radius 1 is 1.47 bits per heavy atom. The summed E-state index contributed by atoms with van der Waals surface area (Å²) in [4.78, 5) is 1.20. The summed E-state index contributed by atoms with van der Waals surface area (Å²) in [6.07, 6.45) is 3.25. The van der Waals surface area contributed by atoms with Crippen molar-refractivity contribution < 1.29 is 8.42 Å². The first kappa shape index (κ1) is 11.6. The van der Waals surface area contributed by atoms with Crippen LogP contribution < -0.4 is 5.73 Å². The molecule has 1 aliphatic heterocycles. The summed E-state index contributed by atoms with van der Waals surface area (Å²) in [5.74, 6) is 0.578. The largest absolute Gasteiger partial charge is 0.326 e. The zero-order chi connectivity index (χ0) is 12.0. The highest BCUT2D eigenvalue weighted by Crippen LogP contribution is 2.41. The van der Waals surface area contributed by atoms with Crippen molar-refractivity contribution in [3.8, 4) is 0 Å². The van der Waals surface area contributed by atoms with Gasteiger partial charge in [0, 0.05) is 24.0 Å². The lowest BCUT2D eigenvalue weighted by molar-refractivity contribution is 0.333. The maximum atomic E-state index is 12.5. The molecule has 2 fully saturated rings. The van der Waals surface area contributed by atoms with E-state index in [4.69, 9.17) is 5.73 Å². The Hall–Kier alpha value is -0.430. The topological polar surface area (TPSA) is 63.4 Å². The molecule has 0 aromatic carbocycles. The molecular weight excluding hydrogens is 256 g/mol. The Balaban J connectivity index is 1.96. The first-order valence-corrected chi connectivity index (χ1v) is 8.23. The zero-order valence-electron chi connectivity index (χ0n) is 9.50. The highest BCUT2D eigenvalue weighted by atomic mass is 32.2. The zero-order valence-corrected chi connectivity index (χ0v) is 11.1. The summed E-state index contributed by atoms with van der Waals surface area (Å²) in [5.41, 5.74) is 5.59. The molecule has 1 aromatic rings. The van der Waals surface area contributed by atoms with Crippen molar-refractivity contribution in [1.82, 2.24) is 4.31 Å². The number of thiophene rings is 1. The normalized spacial score (nSPS) is 29.0. The second-order valence-electron chi connectivity index (χ2n) is 4.82. The molecule has 0 radical (unpaired) electrons. The van der Waals surface area contributed by atoms with Crippen molar-refractivity contribution in [3.63, 3.8) is 0 Å². The van der Waals surface area contributed by atoms with Crippen molar-refractivity contribution in [1.29, 1.82) is 0 Å². The summed E-state index contributed by atoms with van der Waals surface area (Å²) in [6, 6.07) is 1.92. The highest BCUT2D eigenvalue weighted by Gasteiger charge is 2.44. The van der Waals surface area contributed by atoms with Crippen LogP contribution in [0, 0.1) is 5.92 Å². The molecular formula is C11H16N2O2S2. The third-order valence-electron chi connectivity index (χ3n) is 3.84. The number of rotatable bonds is 3. The molecule has 4 nitrogen and oxygen atoms in total. The van der Waals surface area contributed by atoms with Crippen LogP contribution in [-0.2, 0) is 16.6 Å². The van der Waals surface area contributed by atoms with Gasteiger partial charge in [-0.3, -0.25) is 0 Å². The van der Waals surface area contributed by atoms with E-state index in [2.05, 4.69) is 0 Å². The molecule has 0 amide bonds. The Bertz CT molecular complexity index is 523. The minimum Gasteiger partial charge on any atom is -0.326 e. The fourth-order valence-corrected chi connectivity index (χ4v) is 6.06. The Kier molecular flexibility index (Phi) is 2.77. The van der Waals surface area contributed by atoms with Gasteiger partial charge in [-0.2, -0.15) is 4.31 Å². The molecule has 1 saturated heterocycles. The van der Waals surface area contributed by atoms with Gasteiger partial charge in [0.1, 0.15) is 0 Å². The number of nitrogens with zero attached hydrogens (tertiary/aromatic N) is 1. The summed E-state index contributed by atoms with van der Waals surface area (Å²) in [6.45, 7) is 1.00. The second kappa shape index (κ2) is 4.05. The van der Waals surface area contributed by atoms with Crippen LogP contribution in [0.15, 0.2) is 16.3 Å². The third-order valence-corrected chi connectivity index (χ3v) is 6.91. The minimum absolute atomic E-state index is 0.232. The molecule has 2 heterocycles. The van der Waals surface area contributed by atoms with Gasteiger partial charge in [0.25, 0.3) is 0 Å². The maximum absolute atomic E-state index is 12.5. The van der Waals surface area contributed by atoms with Crippen LogP contribution in [0.4, 0.5) is 0 Å². The molecule has 1 saturated carbocycles. The van der Waals surface area contributed by atoms with E-state index < -0.39 is 10.0 Å². The van der Waals surface area contributed by atoms with Gasteiger partial charge in [-0.05, 0) is 36.6 Å². The van der Waals surface area contributed by atoms with Crippen LogP contribution in [0.25, 0.3) is 0 Å². The van der Waals surface area contributed by atoms with E-state index in [1.54, 1.807) is 10.4 Å². The van der Waals surface area contributed by atoms with Gasteiger partial charge in [-0.25, -0.2) is 8.42 Å². The van der Waals surface area contributed by atoms with Crippen LogP contribution >= 0.6 is 11.3 Å². The molecule has 2 bridgehead atoms. The van der Waals surface area contributed by atoms with Crippen LogP contribution in [-0.4, -0.2) is 25.3 Å². The highest BCUT2D eigenvalue weighted by molar-refractivity contribution is 7.89. The number of sulfonamides is 1. The van der Waals surface area contributed by atoms with Crippen LogP contribution in [0.1, 0.15) is 24.1 Å². The number of piperidine rings is 1. The van der Waals surface area contributed by atoms with E-state index in [1.807, 2.05) is 5.38 Å². The van der Waals surface area contributed by atoms with Crippen LogP contribution in [0.3, 0.4) is 0 Å². The predicted octanol–water partition coefficient (Wildman–Crippen LogP) is 1.38. The molecule has 2 aliphatic rings. The average molecular weight is 272 g/mol. The van der Waals surface area contributed by atoms with Crippen molar-refractivity contribution in [2.45, 2.75) is 36.7 Å². The van der Waals surface area contributed by atoms with Crippen molar-refractivity contribution in [2.24, 2.45) is 11.7 Å². The monoisotopic (exact) mass is 272 g/mol. The van der Waals surface area contributed by atoms with E-state index in [0.717, 1.165) is 17.7 Å². The third kappa shape index (κ3) is 1.74. The molecule has 2 atom stereocenters. The molecule has 2 N–H and O–H groups in total. The number of fused-ring (bicyclic) bond motifs is 2. The first-order valence-electron chi connectivity index (χ1n) is 5.91. The lowest BCUT2D eigenvalue weighted by Crippen LogP contribution is -2.37. The number of hydrogen-bond donors (Lipinski definition) is 1. The first-order chi connectivity index (χ1) is 8.13. The molecule has 2 unspecified atom stereocenters. The summed E-state index contributed by atoms with van der Waals surface area (Å²) >= 11 is 1.42. The molecule has 94 valence electrons. The van der Waals surface area contributed by atoms with Gasteiger partial charge in [-0.15, -0.1) is 11.3 Å². The minimum atomic E-state index is -3.31. The quantitative estimate of drug-likeness (QED) is 0.904. The molecule has 1 aromatic heterocycles. The summed E-state index contributed by atoms with van der Waals surface area (Å²) < 4.78 is 26.8. The lowest BCUT2D eigenvalue weighted by atomic mass is 10.1. The maximum Gasteiger partial charge on any atom is 0.244 e. The molecule has 17 heavy (non-hydrogen) atoms. The molecule has 6 heteroatoms. The van der Waals surface area contributed by atoms with Crippen molar-refractivity contribution >= 4 is 21.4 Å². The molecule has 0 spiro atoms. The lowest BCUT2D eigenvalue weighted by Gasteiger charge is -2.26. The van der Waals surface area contributed by atoms with E-state index in [9.17, 15) is 8.42 Å². The van der Waals surface area contributed by atoms with Crippen LogP contribution in [0.5, 0.6) is 0 Å². The average Bonchev–Trinajstić information content (AvgIpc) is 3.04. The Morgan fingerprint density at radius 3 is 2.88 bits per heavy atom. The number of hydrogen-bond acceptors (Lipinski definition) is 4. The van der Waals surface area contributed by atoms with Gasteiger partial charge in [0.15, 0.2) is 0 Å². The predicted molar refractivity (Wildman–Crippen MR) is 67.2 cm³/mol. The molecule has 3 rings (SSSR count). The fraction of sp³-hybridized carbons (Fsp3) is 0.636. The summed E-state index contributed by atoms with van der Waals surface area (Å²) in [7, 11) is -3.31. The van der Waals surface area contributed by atoms with Gasteiger partial charge in [0.05, 0.1) is 4.90 Å². The second-order valence-corrected chi connectivity index (χ2v) is 7.68. The van der Waals surface area contributed by atoms with E-state index >= 15 is 0 Å². The Labute approximate surface area is 105 Å². The van der Waals surface area contributed by atoms with Gasteiger partial charge < -0.3 is 5.73 Å². The van der Waals surface area contributed by atoms with Crippen molar-refractivity contribution in [2.75, 3.05) is 6.54 Å². The van der Waals surface area contributed by atoms with Gasteiger partial charge >= 0.3 is 0 Å². The van der Waals surface area contributed by atoms with Gasteiger partial charge in [-0.1, -0.05) is 0 Å². The Morgan fingerprint density at radius 2 is 2.29 bits per heavy atom. The van der Waals surface area contributed by atoms with E-state index in [1.165, 1.54) is 17.8 Å². The SMILES string of the molecule is NCc1sccc1S(=O)(=O)N1CC2CCC1C2. The number of nitrogens with two attached hydrogens (primary N) is 1.